The highest BCUT2D eigenvalue weighted by atomic mass is 16.5. The lowest BCUT2D eigenvalue weighted by atomic mass is 10.1. The highest BCUT2D eigenvalue weighted by Crippen LogP contribution is 2.27. The summed E-state index contributed by atoms with van der Waals surface area (Å²) in [6.45, 7) is 5.93. The van der Waals surface area contributed by atoms with Crippen LogP contribution < -0.4 is 10.1 Å². The Balaban J connectivity index is 2.00. The number of amides is 1. The number of ether oxygens (including phenoxy) is 1. The van der Waals surface area contributed by atoms with Crippen molar-refractivity contribution in [1.82, 2.24) is 4.98 Å². The van der Waals surface area contributed by atoms with Gasteiger partial charge >= 0.3 is 0 Å². The van der Waals surface area contributed by atoms with Gasteiger partial charge in [-0.2, -0.15) is 0 Å². The molecule has 118 valence electrons. The molecule has 0 unspecified atom stereocenters. The predicted molar refractivity (Wildman–Crippen MR) is 93.5 cm³/mol. The van der Waals surface area contributed by atoms with Gasteiger partial charge in [0.2, 0.25) is 0 Å². The van der Waals surface area contributed by atoms with Gasteiger partial charge in [0.25, 0.3) is 5.91 Å². The Bertz CT molecular complexity index is 874. The molecule has 0 fully saturated rings. The van der Waals surface area contributed by atoms with Gasteiger partial charge in [-0.3, -0.25) is 4.79 Å². The second kappa shape index (κ2) is 5.80. The summed E-state index contributed by atoms with van der Waals surface area (Å²) in [5, 5.41) is 4.02. The molecule has 0 aliphatic heterocycles. The Morgan fingerprint density at radius 3 is 2.43 bits per heavy atom. The van der Waals surface area contributed by atoms with E-state index in [4.69, 9.17) is 4.74 Å². The van der Waals surface area contributed by atoms with Gasteiger partial charge in [0.15, 0.2) is 0 Å². The van der Waals surface area contributed by atoms with E-state index in [1.807, 2.05) is 57.2 Å². The first kappa shape index (κ1) is 15.2. The number of para-hydroxylation sites is 1. The first-order valence-corrected chi connectivity index (χ1v) is 7.55. The first-order chi connectivity index (χ1) is 11.0. The molecule has 2 aromatic carbocycles. The van der Waals surface area contributed by atoms with E-state index in [-0.39, 0.29) is 5.91 Å². The molecule has 1 amide bonds. The maximum absolute atomic E-state index is 12.7. The monoisotopic (exact) mass is 308 g/mol. The van der Waals surface area contributed by atoms with Gasteiger partial charge in [-0.05, 0) is 55.7 Å². The van der Waals surface area contributed by atoms with Crippen molar-refractivity contribution in [2.75, 3.05) is 12.4 Å². The third-order valence-corrected chi connectivity index (χ3v) is 4.21. The quantitative estimate of drug-likeness (QED) is 0.755. The molecule has 0 aliphatic rings. The lowest BCUT2D eigenvalue weighted by Crippen LogP contribution is -2.15. The number of hydrogen-bond donors (Lipinski definition) is 2. The van der Waals surface area contributed by atoms with Gasteiger partial charge in [0, 0.05) is 16.6 Å². The van der Waals surface area contributed by atoms with Crippen LogP contribution in [0.25, 0.3) is 10.9 Å². The molecule has 0 spiro atoms. The fourth-order valence-electron chi connectivity index (χ4n) is 2.85. The number of methoxy groups -OCH3 is 1. The van der Waals surface area contributed by atoms with Crippen molar-refractivity contribution in [3.63, 3.8) is 0 Å². The molecule has 4 heteroatoms. The van der Waals surface area contributed by atoms with Crippen LogP contribution in [0.4, 0.5) is 5.69 Å². The number of fused-ring (bicyclic) bond motifs is 1. The van der Waals surface area contributed by atoms with Crippen LogP contribution in [0.3, 0.4) is 0 Å². The number of benzene rings is 2. The molecule has 0 aliphatic carbocycles. The SMILES string of the molecule is COc1ccc2[nH]c(C(=O)Nc3c(C)cccc3C)c(C)c2c1. The van der Waals surface area contributed by atoms with E-state index in [0.717, 1.165) is 39.0 Å². The average Bonchev–Trinajstić information content (AvgIpc) is 2.87. The van der Waals surface area contributed by atoms with Crippen LogP contribution in [0.15, 0.2) is 36.4 Å². The summed E-state index contributed by atoms with van der Waals surface area (Å²) in [6.07, 6.45) is 0. The third-order valence-electron chi connectivity index (χ3n) is 4.21. The normalized spacial score (nSPS) is 10.8. The molecule has 0 radical (unpaired) electrons. The van der Waals surface area contributed by atoms with Gasteiger partial charge in [-0.15, -0.1) is 0 Å². The summed E-state index contributed by atoms with van der Waals surface area (Å²) in [5.74, 6) is 0.649. The predicted octanol–water partition coefficient (Wildman–Crippen LogP) is 4.35. The number of aryl methyl sites for hydroxylation is 3. The molecule has 0 atom stereocenters. The number of aromatic amines is 1. The van der Waals surface area contributed by atoms with Crippen LogP contribution in [-0.2, 0) is 0 Å². The van der Waals surface area contributed by atoms with E-state index >= 15 is 0 Å². The van der Waals surface area contributed by atoms with E-state index in [0.29, 0.717) is 5.69 Å². The zero-order chi connectivity index (χ0) is 16.6. The van der Waals surface area contributed by atoms with Crippen LogP contribution in [0.2, 0.25) is 0 Å². The minimum absolute atomic E-state index is 0.130. The van der Waals surface area contributed by atoms with Crippen LogP contribution in [0.5, 0.6) is 5.75 Å². The molecule has 0 bridgehead atoms. The van der Waals surface area contributed by atoms with Gasteiger partial charge < -0.3 is 15.0 Å². The van der Waals surface area contributed by atoms with Crippen molar-refractivity contribution in [3.8, 4) is 5.75 Å². The Labute approximate surface area is 135 Å². The smallest absolute Gasteiger partial charge is 0.272 e. The van der Waals surface area contributed by atoms with Gasteiger partial charge in [-0.25, -0.2) is 0 Å². The topological polar surface area (TPSA) is 54.1 Å². The number of aromatic nitrogens is 1. The number of hydrogen-bond acceptors (Lipinski definition) is 2. The molecule has 0 saturated heterocycles. The molecular weight excluding hydrogens is 288 g/mol. The van der Waals surface area contributed by atoms with Crippen LogP contribution in [0.1, 0.15) is 27.2 Å². The first-order valence-electron chi connectivity index (χ1n) is 7.55. The Kier molecular flexibility index (Phi) is 3.82. The highest BCUT2D eigenvalue weighted by Gasteiger charge is 2.16. The Morgan fingerprint density at radius 2 is 1.78 bits per heavy atom. The molecule has 1 aromatic heterocycles. The summed E-state index contributed by atoms with van der Waals surface area (Å²) in [5.41, 5.74) is 5.39. The van der Waals surface area contributed by atoms with Crippen molar-refractivity contribution in [2.24, 2.45) is 0 Å². The van der Waals surface area contributed by atoms with E-state index in [9.17, 15) is 4.79 Å². The fourth-order valence-corrected chi connectivity index (χ4v) is 2.85. The summed E-state index contributed by atoms with van der Waals surface area (Å²) in [4.78, 5) is 15.9. The molecule has 3 rings (SSSR count). The number of carbonyl (C=O) groups is 1. The summed E-state index contributed by atoms with van der Waals surface area (Å²) in [7, 11) is 1.64. The van der Waals surface area contributed by atoms with Crippen molar-refractivity contribution in [2.45, 2.75) is 20.8 Å². The Hall–Kier alpha value is -2.75. The largest absolute Gasteiger partial charge is 0.497 e. The molecule has 23 heavy (non-hydrogen) atoms. The van der Waals surface area contributed by atoms with E-state index < -0.39 is 0 Å². The molecule has 1 heterocycles. The second-order valence-electron chi connectivity index (χ2n) is 5.76. The summed E-state index contributed by atoms with van der Waals surface area (Å²) < 4.78 is 5.26. The molecule has 3 aromatic rings. The number of H-pyrrole nitrogens is 1. The maximum Gasteiger partial charge on any atom is 0.272 e. The summed E-state index contributed by atoms with van der Waals surface area (Å²) in [6, 6.07) is 11.7. The van der Waals surface area contributed by atoms with Crippen molar-refractivity contribution >= 4 is 22.5 Å². The van der Waals surface area contributed by atoms with Gasteiger partial charge in [-0.1, -0.05) is 18.2 Å². The second-order valence-corrected chi connectivity index (χ2v) is 5.76. The van der Waals surface area contributed by atoms with Gasteiger partial charge in [0.05, 0.1) is 7.11 Å². The zero-order valence-electron chi connectivity index (χ0n) is 13.8. The minimum Gasteiger partial charge on any atom is -0.497 e. The zero-order valence-corrected chi connectivity index (χ0v) is 13.8. The highest BCUT2D eigenvalue weighted by molar-refractivity contribution is 6.08. The third kappa shape index (κ3) is 2.68. The van der Waals surface area contributed by atoms with Crippen molar-refractivity contribution < 1.29 is 9.53 Å². The lowest BCUT2D eigenvalue weighted by Gasteiger charge is -2.11. The van der Waals surface area contributed by atoms with Crippen LogP contribution >= 0.6 is 0 Å². The van der Waals surface area contributed by atoms with Crippen molar-refractivity contribution in [3.05, 3.63) is 58.8 Å². The fraction of sp³-hybridized carbons (Fsp3) is 0.211. The lowest BCUT2D eigenvalue weighted by molar-refractivity contribution is 0.102. The standard InChI is InChI=1S/C19H20N2O2/c1-11-6-5-7-12(2)17(11)21-19(22)18-13(3)15-10-14(23-4)8-9-16(15)20-18/h5-10,20H,1-4H3,(H,21,22). The average molecular weight is 308 g/mol. The van der Waals surface area contributed by atoms with Crippen LogP contribution in [0, 0.1) is 20.8 Å². The van der Waals surface area contributed by atoms with E-state index in [2.05, 4.69) is 10.3 Å². The Morgan fingerprint density at radius 1 is 1.09 bits per heavy atom. The molecular formula is C19H20N2O2. The number of carbonyl (C=O) groups excluding carboxylic acids is 1. The van der Waals surface area contributed by atoms with Crippen molar-refractivity contribution in [1.29, 1.82) is 0 Å². The minimum atomic E-state index is -0.130. The van der Waals surface area contributed by atoms with Crippen LogP contribution in [-0.4, -0.2) is 18.0 Å². The maximum atomic E-state index is 12.7. The van der Waals surface area contributed by atoms with E-state index in [1.54, 1.807) is 7.11 Å². The van der Waals surface area contributed by atoms with E-state index in [1.165, 1.54) is 0 Å². The molecule has 4 nitrogen and oxygen atoms in total. The molecule has 0 saturated carbocycles. The number of nitrogens with one attached hydrogen (secondary N) is 2. The number of rotatable bonds is 3. The summed E-state index contributed by atoms with van der Waals surface area (Å²) >= 11 is 0. The molecule has 2 N–H and O–H groups in total. The van der Waals surface area contributed by atoms with Gasteiger partial charge in [0.1, 0.15) is 11.4 Å². The number of anilines is 1.